The third-order valence-electron chi connectivity index (χ3n) is 2.41. The van der Waals surface area contributed by atoms with E-state index >= 15 is 0 Å². The molecule has 1 aromatic carbocycles. The Kier molecular flexibility index (Phi) is 4.92. The van der Waals surface area contributed by atoms with Gasteiger partial charge in [-0.2, -0.15) is 13.9 Å². The van der Waals surface area contributed by atoms with Crippen molar-refractivity contribution in [2.75, 3.05) is 0 Å². The van der Waals surface area contributed by atoms with Gasteiger partial charge in [-0.1, -0.05) is 0 Å². The number of hydrogen-bond acceptors (Lipinski definition) is 4. The SMILES string of the molecule is O=C(NN=Cc1ccc(OC(F)F)cc1)c1cccnc1. The summed E-state index contributed by atoms with van der Waals surface area (Å²) in [6.45, 7) is -2.86. The van der Waals surface area contributed by atoms with Gasteiger partial charge in [-0.25, -0.2) is 5.43 Å². The fourth-order valence-electron chi connectivity index (χ4n) is 1.46. The Balaban J connectivity index is 1.91. The molecular weight excluding hydrogens is 280 g/mol. The molecule has 0 fully saturated rings. The first kappa shape index (κ1) is 14.6. The van der Waals surface area contributed by atoms with E-state index in [2.05, 4.69) is 20.2 Å². The summed E-state index contributed by atoms with van der Waals surface area (Å²) in [4.78, 5) is 15.5. The Morgan fingerprint density at radius 3 is 2.67 bits per heavy atom. The number of alkyl halides is 2. The number of benzene rings is 1. The van der Waals surface area contributed by atoms with Gasteiger partial charge in [0.05, 0.1) is 11.8 Å². The normalized spacial score (nSPS) is 10.8. The third-order valence-corrected chi connectivity index (χ3v) is 2.41. The molecule has 2 aromatic rings. The zero-order valence-electron chi connectivity index (χ0n) is 10.7. The second kappa shape index (κ2) is 7.09. The van der Waals surface area contributed by atoms with Gasteiger partial charge in [0.25, 0.3) is 5.91 Å². The lowest BCUT2D eigenvalue weighted by atomic mass is 10.2. The number of hydrazone groups is 1. The number of amides is 1. The molecule has 1 amide bonds. The standard InChI is InChI=1S/C14H11F2N3O2/c15-14(16)21-12-5-3-10(4-6-12)8-18-19-13(20)11-2-1-7-17-9-11/h1-9,14H,(H,19,20). The van der Waals surface area contributed by atoms with E-state index in [4.69, 9.17) is 0 Å². The minimum Gasteiger partial charge on any atom is -0.435 e. The molecule has 1 heterocycles. The lowest BCUT2D eigenvalue weighted by Crippen LogP contribution is -2.17. The van der Waals surface area contributed by atoms with Crippen LogP contribution in [0.25, 0.3) is 0 Å². The van der Waals surface area contributed by atoms with Crippen molar-refractivity contribution in [2.24, 2.45) is 5.10 Å². The zero-order valence-corrected chi connectivity index (χ0v) is 10.7. The van der Waals surface area contributed by atoms with Gasteiger partial charge < -0.3 is 4.74 Å². The largest absolute Gasteiger partial charge is 0.435 e. The molecule has 0 bridgehead atoms. The van der Waals surface area contributed by atoms with Crippen LogP contribution >= 0.6 is 0 Å². The third kappa shape index (κ3) is 4.64. The van der Waals surface area contributed by atoms with Gasteiger partial charge in [0, 0.05) is 12.4 Å². The average Bonchev–Trinajstić information content (AvgIpc) is 2.49. The van der Waals surface area contributed by atoms with Crippen molar-refractivity contribution >= 4 is 12.1 Å². The first-order valence-electron chi connectivity index (χ1n) is 5.93. The maximum Gasteiger partial charge on any atom is 0.387 e. The van der Waals surface area contributed by atoms with E-state index in [1.165, 1.54) is 36.7 Å². The number of pyridine rings is 1. The van der Waals surface area contributed by atoms with Gasteiger partial charge in [-0.3, -0.25) is 9.78 Å². The molecule has 0 aliphatic carbocycles. The highest BCUT2D eigenvalue weighted by molar-refractivity contribution is 5.94. The molecule has 0 aliphatic heterocycles. The minimum absolute atomic E-state index is 0.0570. The molecule has 108 valence electrons. The Bertz CT molecular complexity index is 616. The Morgan fingerprint density at radius 1 is 1.29 bits per heavy atom. The summed E-state index contributed by atoms with van der Waals surface area (Å²) in [7, 11) is 0. The van der Waals surface area contributed by atoms with E-state index in [0.717, 1.165) is 0 Å². The van der Waals surface area contributed by atoms with E-state index in [0.29, 0.717) is 11.1 Å². The van der Waals surface area contributed by atoms with Crippen molar-refractivity contribution in [1.29, 1.82) is 0 Å². The van der Waals surface area contributed by atoms with Crippen LogP contribution in [0.2, 0.25) is 0 Å². The van der Waals surface area contributed by atoms with Crippen LogP contribution in [-0.4, -0.2) is 23.7 Å². The molecular formula is C14H11F2N3O2. The number of ether oxygens (including phenoxy) is 1. The molecule has 21 heavy (non-hydrogen) atoms. The summed E-state index contributed by atoms with van der Waals surface area (Å²) in [6, 6.07) is 9.09. The summed E-state index contributed by atoms with van der Waals surface area (Å²) in [5.74, 6) is -0.335. The predicted molar refractivity (Wildman–Crippen MR) is 72.4 cm³/mol. The Hall–Kier alpha value is -2.83. The van der Waals surface area contributed by atoms with Crippen LogP contribution in [0.5, 0.6) is 5.75 Å². The average molecular weight is 291 g/mol. The maximum absolute atomic E-state index is 12.0. The highest BCUT2D eigenvalue weighted by Gasteiger charge is 2.04. The van der Waals surface area contributed by atoms with Crippen LogP contribution in [0.1, 0.15) is 15.9 Å². The van der Waals surface area contributed by atoms with Crippen molar-refractivity contribution in [3.63, 3.8) is 0 Å². The number of halogens is 2. The van der Waals surface area contributed by atoms with Crippen molar-refractivity contribution in [3.05, 3.63) is 59.9 Å². The molecule has 0 unspecified atom stereocenters. The molecule has 0 aliphatic rings. The van der Waals surface area contributed by atoms with Crippen molar-refractivity contribution in [1.82, 2.24) is 10.4 Å². The van der Waals surface area contributed by atoms with Crippen LogP contribution < -0.4 is 10.2 Å². The molecule has 0 spiro atoms. The number of carbonyl (C=O) groups excluding carboxylic acids is 1. The molecule has 0 saturated heterocycles. The summed E-state index contributed by atoms with van der Waals surface area (Å²) in [5.41, 5.74) is 3.35. The fourth-order valence-corrected chi connectivity index (χ4v) is 1.46. The molecule has 0 radical (unpaired) electrons. The topological polar surface area (TPSA) is 63.6 Å². The number of nitrogens with one attached hydrogen (secondary N) is 1. The molecule has 1 aromatic heterocycles. The first-order valence-corrected chi connectivity index (χ1v) is 5.93. The predicted octanol–water partition coefficient (Wildman–Crippen LogP) is 2.45. The van der Waals surface area contributed by atoms with Crippen LogP contribution in [0, 0.1) is 0 Å². The summed E-state index contributed by atoms with van der Waals surface area (Å²) < 4.78 is 28.2. The smallest absolute Gasteiger partial charge is 0.387 e. The number of rotatable bonds is 5. The maximum atomic E-state index is 12.0. The van der Waals surface area contributed by atoms with Crippen molar-refractivity contribution < 1.29 is 18.3 Å². The van der Waals surface area contributed by atoms with Crippen molar-refractivity contribution in [2.45, 2.75) is 6.61 Å². The van der Waals surface area contributed by atoms with E-state index < -0.39 is 12.5 Å². The second-order valence-corrected chi connectivity index (χ2v) is 3.89. The highest BCUT2D eigenvalue weighted by atomic mass is 19.3. The highest BCUT2D eigenvalue weighted by Crippen LogP contribution is 2.13. The monoisotopic (exact) mass is 291 g/mol. The van der Waals surface area contributed by atoms with E-state index in [-0.39, 0.29) is 5.75 Å². The lowest BCUT2D eigenvalue weighted by molar-refractivity contribution is -0.0498. The van der Waals surface area contributed by atoms with E-state index in [9.17, 15) is 13.6 Å². The van der Waals surface area contributed by atoms with Crippen LogP contribution in [0.4, 0.5) is 8.78 Å². The number of hydrogen-bond donors (Lipinski definition) is 1. The quantitative estimate of drug-likeness (QED) is 0.680. The van der Waals surface area contributed by atoms with Gasteiger partial charge in [0.2, 0.25) is 0 Å². The van der Waals surface area contributed by atoms with Crippen LogP contribution in [0.15, 0.2) is 53.9 Å². The zero-order chi connectivity index (χ0) is 15.1. The summed E-state index contributed by atoms with van der Waals surface area (Å²) in [6.07, 6.45) is 4.37. The van der Waals surface area contributed by atoms with Gasteiger partial charge in [-0.05, 0) is 42.0 Å². The Morgan fingerprint density at radius 2 is 2.05 bits per heavy atom. The van der Waals surface area contributed by atoms with Gasteiger partial charge in [0.15, 0.2) is 0 Å². The fraction of sp³-hybridized carbons (Fsp3) is 0.0714. The van der Waals surface area contributed by atoms with Gasteiger partial charge in [-0.15, -0.1) is 0 Å². The second-order valence-electron chi connectivity index (χ2n) is 3.89. The first-order chi connectivity index (χ1) is 10.1. The number of carbonyl (C=O) groups is 1. The minimum atomic E-state index is -2.86. The van der Waals surface area contributed by atoms with E-state index in [1.807, 2.05) is 0 Å². The molecule has 7 heteroatoms. The van der Waals surface area contributed by atoms with Crippen molar-refractivity contribution in [3.8, 4) is 5.75 Å². The molecule has 0 atom stereocenters. The van der Waals surface area contributed by atoms with E-state index in [1.54, 1.807) is 18.3 Å². The van der Waals surface area contributed by atoms with Gasteiger partial charge in [0.1, 0.15) is 5.75 Å². The molecule has 5 nitrogen and oxygen atoms in total. The lowest BCUT2D eigenvalue weighted by Gasteiger charge is -2.03. The molecule has 2 rings (SSSR count). The molecule has 1 N–H and O–H groups in total. The summed E-state index contributed by atoms with van der Waals surface area (Å²) in [5, 5.41) is 3.77. The van der Waals surface area contributed by atoms with Crippen LogP contribution in [-0.2, 0) is 0 Å². The number of nitrogens with zero attached hydrogens (tertiary/aromatic N) is 2. The number of aromatic nitrogens is 1. The Labute approximate surface area is 119 Å². The van der Waals surface area contributed by atoms with Gasteiger partial charge >= 0.3 is 6.61 Å². The summed E-state index contributed by atoms with van der Waals surface area (Å²) >= 11 is 0. The van der Waals surface area contributed by atoms with Crippen LogP contribution in [0.3, 0.4) is 0 Å². The molecule has 0 saturated carbocycles.